The van der Waals surface area contributed by atoms with E-state index in [-0.39, 0.29) is 36.9 Å². The van der Waals surface area contributed by atoms with Crippen LogP contribution in [-0.2, 0) is 27.3 Å². The first-order chi connectivity index (χ1) is 19.4. The van der Waals surface area contributed by atoms with E-state index in [1.807, 2.05) is 55.5 Å². The smallest absolute Gasteiger partial charge is 0.310 e. The number of hydrogen-bond acceptors (Lipinski definition) is 6. The molecule has 0 bridgehead atoms. The monoisotopic (exact) mass is 542 g/mol. The summed E-state index contributed by atoms with van der Waals surface area (Å²) in [6.45, 7) is 5.63. The maximum Gasteiger partial charge on any atom is 0.310 e. The van der Waals surface area contributed by atoms with Gasteiger partial charge in [0.15, 0.2) is 11.5 Å². The van der Waals surface area contributed by atoms with Gasteiger partial charge in [-0.1, -0.05) is 42.0 Å². The lowest BCUT2D eigenvalue weighted by atomic mass is 9.97. The lowest BCUT2D eigenvalue weighted by molar-refractivity contribution is -0.151. The van der Waals surface area contributed by atoms with E-state index in [0.717, 1.165) is 29.5 Å². The number of carbonyl (C=O) groups is 3. The molecule has 0 spiro atoms. The van der Waals surface area contributed by atoms with E-state index < -0.39 is 0 Å². The standard InChI is InChI=1S/C32H34N2O6/c1-3-38-32(37)26-7-5-15-33(20-26)30(35)17-24-6-4-8-27(16-24)34(19-23-11-9-22(2)10-12-23)31(36)25-13-14-28-29(18-25)40-21-39-28/h4,6,8-14,16,18,26H,3,5,7,15,17,19-21H2,1-2H3/t26-/m1/s1. The zero-order valence-corrected chi connectivity index (χ0v) is 22.9. The topological polar surface area (TPSA) is 85.4 Å². The van der Waals surface area contributed by atoms with Gasteiger partial charge in [0.1, 0.15) is 0 Å². The van der Waals surface area contributed by atoms with Gasteiger partial charge in [0.25, 0.3) is 5.91 Å². The van der Waals surface area contributed by atoms with Gasteiger partial charge in [0.05, 0.1) is 25.5 Å². The molecule has 3 aromatic rings. The number of benzene rings is 3. The number of nitrogens with zero attached hydrogens (tertiary/aromatic N) is 2. The second-order valence-electron chi connectivity index (χ2n) is 10.2. The van der Waals surface area contributed by atoms with E-state index in [1.54, 1.807) is 34.9 Å². The van der Waals surface area contributed by atoms with Gasteiger partial charge in [-0.15, -0.1) is 0 Å². The highest BCUT2D eigenvalue weighted by Gasteiger charge is 2.29. The highest BCUT2D eigenvalue weighted by atomic mass is 16.7. The summed E-state index contributed by atoms with van der Waals surface area (Å²) in [5.74, 6) is 0.409. The molecule has 5 rings (SSSR count). The van der Waals surface area contributed by atoms with Crippen molar-refractivity contribution in [1.29, 1.82) is 0 Å². The summed E-state index contributed by atoms with van der Waals surface area (Å²) in [5, 5.41) is 0. The molecular formula is C32H34N2O6. The van der Waals surface area contributed by atoms with Crippen molar-refractivity contribution in [1.82, 2.24) is 4.90 Å². The van der Waals surface area contributed by atoms with Crippen molar-refractivity contribution in [2.75, 3.05) is 31.4 Å². The number of hydrogen-bond donors (Lipinski definition) is 0. The maximum atomic E-state index is 13.9. The molecule has 1 fully saturated rings. The number of amides is 2. The third kappa shape index (κ3) is 6.28. The average Bonchev–Trinajstić information content (AvgIpc) is 3.45. The summed E-state index contributed by atoms with van der Waals surface area (Å²) in [4.78, 5) is 42.8. The van der Waals surface area contributed by atoms with Crippen molar-refractivity contribution < 1.29 is 28.6 Å². The largest absolute Gasteiger partial charge is 0.466 e. The van der Waals surface area contributed by atoms with Gasteiger partial charge >= 0.3 is 5.97 Å². The van der Waals surface area contributed by atoms with Gasteiger partial charge in [-0.2, -0.15) is 0 Å². The zero-order valence-electron chi connectivity index (χ0n) is 22.9. The number of piperidine rings is 1. The van der Waals surface area contributed by atoms with Gasteiger partial charge in [-0.05, 0) is 68.1 Å². The van der Waals surface area contributed by atoms with Crippen molar-refractivity contribution >= 4 is 23.5 Å². The number of esters is 1. The first kappa shape index (κ1) is 27.2. The Kier molecular flexibility index (Phi) is 8.34. The van der Waals surface area contributed by atoms with Crippen LogP contribution < -0.4 is 14.4 Å². The lowest BCUT2D eigenvalue weighted by Gasteiger charge is -2.31. The molecule has 40 heavy (non-hydrogen) atoms. The highest BCUT2D eigenvalue weighted by molar-refractivity contribution is 6.06. The van der Waals surface area contributed by atoms with Crippen LogP contribution in [0.25, 0.3) is 0 Å². The van der Waals surface area contributed by atoms with E-state index in [2.05, 4.69) is 0 Å². The Morgan fingerprint density at radius 1 is 0.975 bits per heavy atom. The molecule has 1 saturated heterocycles. The van der Waals surface area contributed by atoms with Gasteiger partial charge in [-0.3, -0.25) is 14.4 Å². The molecule has 208 valence electrons. The van der Waals surface area contributed by atoms with Crippen LogP contribution in [0.15, 0.2) is 66.7 Å². The van der Waals surface area contributed by atoms with Crippen LogP contribution in [0.5, 0.6) is 11.5 Å². The van der Waals surface area contributed by atoms with Crippen LogP contribution in [0.2, 0.25) is 0 Å². The maximum absolute atomic E-state index is 13.9. The summed E-state index contributed by atoms with van der Waals surface area (Å²) in [5.41, 5.74) is 4.10. The number of rotatable bonds is 8. The van der Waals surface area contributed by atoms with Crippen molar-refractivity contribution in [3.05, 3.63) is 89.0 Å². The summed E-state index contributed by atoms with van der Waals surface area (Å²) in [6, 6.07) is 20.8. The van der Waals surface area contributed by atoms with Gasteiger partial charge in [0, 0.05) is 24.3 Å². The number of fused-ring (bicyclic) bond motifs is 1. The Hall–Kier alpha value is -4.33. The number of anilines is 1. The number of ether oxygens (including phenoxy) is 3. The minimum atomic E-state index is -0.284. The molecule has 2 aliphatic heterocycles. The molecule has 1 atom stereocenters. The minimum absolute atomic E-state index is 0.0432. The van der Waals surface area contributed by atoms with E-state index in [0.29, 0.717) is 49.0 Å². The minimum Gasteiger partial charge on any atom is -0.466 e. The Balaban J connectivity index is 1.37. The van der Waals surface area contributed by atoms with Crippen LogP contribution >= 0.6 is 0 Å². The molecule has 8 nitrogen and oxygen atoms in total. The van der Waals surface area contributed by atoms with Crippen LogP contribution in [-0.4, -0.2) is 49.2 Å². The third-order valence-corrected chi connectivity index (χ3v) is 7.30. The Labute approximate surface area is 234 Å². The number of likely N-dealkylation sites (tertiary alicyclic amines) is 1. The second kappa shape index (κ2) is 12.2. The van der Waals surface area contributed by atoms with Crippen molar-refractivity contribution in [3.8, 4) is 11.5 Å². The quantitative estimate of drug-likeness (QED) is 0.376. The summed E-state index contributed by atoms with van der Waals surface area (Å²) >= 11 is 0. The van der Waals surface area contributed by atoms with Crippen LogP contribution in [0.1, 0.15) is 46.8 Å². The number of aryl methyl sites for hydroxylation is 1. The predicted octanol–water partition coefficient (Wildman–Crippen LogP) is 4.91. The fraction of sp³-hybridized carbons (Fsp3) is 0.344. The predicted molar refractivity (Wildman–Crippen MR) is 150 cm³/mol. The molecule has 0 unspecified atom stereocenters. The second-order valence-corrected chi connectivity index (χ2v) is 10.2. The zero-order chi connectivity index (χ0) is 28.1. The Morgan fingerprint density at radius 2 is 1.77 bits per heavy atom. The summed E-state index contributed by atoms with van der Waals surface area (Å²) in [7, 11) is 0. The summed E-state index contributed by atoms with van der Waals surface area (Å²) in [6.07, 6.45) is 1.68. The summed E-state index contributed by atoms with van der Waals surface area (Å²) < 4.78 is 16.1. The van der Waals surface area contributed by atoms with Gasteiger partial charge in [-0.25, -0.2) is 0 Å². The molecule has 0 radical (unpaired) electrons. The van der Waals surface area contributed by atoms with Crippen molar-refractivity contribution in [2.45, 2.75) is 39.7 Å². The molecule has 0 saturated carbocycles. The van der Waals surface area contributed by atoms with E-state index in [4.69, 9.17) is 14.2 Å². The third-order valence-electron chi connectivity index (χ3n) is 7.30. The molecule has 2 aliphatic rings. The fourth-order valence-electron chi connectivity index (χ4n) is 5.12. The molecule has 0 aromatic heterocycles. The Morgan fingerprint density at radius 3 is 2.58 bits per heavy atom. The van der Waals surface area contributed by atoms with E-state index in [1.165, 1.54) is 0 Å². The van der Waals surface area contributed by atoms with Crippen LogP contribution in [0.4, 0.5) is 5.69 Å². The average molecular weight is 543 g/mol. The number of carbonyl (C=O) groups excluding carboxylic acids is 3. The van der Waals surface area contributed by atoms with Crippen molar-refractivity contribution in [2.24, 2.45) is 5.92 Å². The molecule has 0 N–H and O–H groups in total. The first-order valence-corrected chi connectivity index (χ1v) is 13.7. The first-order valence-electron chi connectivity index (χ1n) is 13.7. The van der Waals surface area contributed by atoms with Crippen LogP contribution in [0.3, 0.4) is 0 Å². The van der Waals surface area contributed by atoms with Gasteiger partial charge < -0.3 is 24.0 Å². The van der Waals surface area contributed by atoms with Crippen LogP contribution in [0, 0.1) is 12.8 Å². The SMILES string of the molecule is CCOC(=O)[C@@H]1CCCN(C(=O)Cc2cccc(N(Cc3ccc(C)cc3)C(=O)c3ccc4c(c3)OCO4)c2)C1. The van der Waals surface area contributed by atoms with E-state index in [9.17, 15) is 14.4 Å². The normalized spacial score (nSPS) is 15.9. The van der Waals surface area contributed by atoms with E-state index >= 15 is 0 Å². The Bertz CT molecular complexity index is 1390. The van der Waals surface area contributed by atoms with Crippen molar-refractivity contribution in [3.63, 3.8) is 0 Å². The van der Waals surface area contributed by atoms with Gasteiger partial charge in [0.2, 0.25) is 12.7 Å². The molecule has 0 aliphatic carbocycles. The molecular weight excluding hydrogens is 508 g/mol. The molecule has 3 aromatic carbocycles. The molecule has 2 heterocycles. The fourth-order valence-corrected chi connectivity index (χ4v) is 5.12. The lowest BCUT2D eigenvalue weighted by Crippen LogP contribution is -2.43. The molecule has 2 amide bonds. The highest BCUT2D eigenvalue weighted by Crippen LogP contribution is 2.33. The molecule has 8 heteroatoms.